The average molecular weight is 344 g/mol. The van der Waals surface area contributed by atoms with Crippen molar-refractivity contribution < 1.29 is 0 Å². The molecule has 3 aromatic rings. The summed E-state index contributed by atoms with van der Waals surface area (Å²) >= 11 is 1.64. The van der Waals surface area contributed by atoms with Gasteiger partial charge in [0.25, 0.3) is 0 Å². The molecule has 1 N–H and O–H groups in total. The van der Waals surface area contributed by atoms with Crippen molar-refractivity contribution in [2.75, 3.05) is 26.0 Å². The highest BCUT2D eigenvalue weighted by atomic mass is 32.1. The number of nitrogens with one attached hydrogen (secondary N) is 1. The minimum atomic E-state index is 0.115. The van der Waals surface area contributed by atoms with Crippen LogP contribution in [0.3, 0.4) is 0 Å². The standard InChI is InChI=1S/C17H24N6S/c1-12(17(2,3)11-22(4)5)18-14-6-7-15-19-20-16(23(15)21-14)13-8-9-24-10-13/h6-10,12H,11H2,1-5H3,(H,18,21). The van der Waals surface area contributed by atoms with E-state index in [4.69, 9.17) is 5.10 Å². The van der Waals surface area contributed by atoms with E-state index < -0.39 is 0 Å². The zero-order valence-electron chi connectivity index (χ0n) is 14.8. The number of thiophene rings is 1. The molecule has 3 rings (SSSR count). The second-order valence-corrected chi connectivity index (χ2v) is 7.90. The Morgan fingerprint density at radius 1 is 1.25 bits per heavy atom. The van der Waals surface area contributed by atoms with E-state index in [2.05, 4.69) is 60.7 Å². The molecule has 1 atom stereocenters. The average Bonchev–Trinajstić information content (AvgIpc) is 3.14. The van der Waals surface area contributed by atoms with Gasteiger partial charge in [-0.15, -0.1) is 15.3 Å². The SMILES string of the molecule is CC(Nc1ccc2nnc(-c3ccsc3)n2n1)C(C)(C)CN(C)C. The highest BCUT2D eigenvalue weighted by molar-refractivity contribution is 7.08. The maximum absolute atomic E-state index is 4.70. The van der Waals surface area contributed by atoms with Gasteiger partial charge in [-0.25, -0.2) is 0 Å². The summed E-state index contributed by atoms with van der Waals surface area (Å²) in [6.07, 6.45) is 0. The van der Waals surface area contributed by atoms with Crippen LogP contribution >= 0.6 is 11.3 Å². The molecule has 3 aromatic heterocycles. The van der Waals surface area contributed by atoms with E-state index in [0.717, 1.165) is 29.4 Å². The highest BCUT2D eigenvalue weighted by Crippen LogP contribution is 2.25. The topological polar surface area (TPSA) is 58.4 Å². The highest BCUT2D eigenvalue weighted by Gasteiger charge is 2.27. The number of rotatable bonds is 6. The molecule has 0 aliphatic heterocycles. The van der Waals surface area contributed by atoms with Gasteiger partial charge in [0, 0.05) is 23.5 Å². The van der Waals surface area contributed by atoms with Gasteiger partial charge in [-0.1, -0.05) is 13.8 Å². The quantitative estimate of drug-likeness (QED) is 0.744. The van der Waals surface area contributed by atoms with Gasteiger partial charge in [0.2, 0.25) is 0 Å². The van der Waals surface area contributed by atoms with Gasteiger partial charge in [0.15, 0.2) is 11.5 Å². The molecule has 0 aliphatic carbocycles. The van der Waals surface area contributed by atoms with Crippen molar-refractivity contribution in [2.45, 2.75) is 26.8 Å². The third kappa shape index (κ3) is 3.42. The lowest BCUT2D eigenvalue weighted by atomic mass is 9.85. The summed E-state index contributed by atoms with van der Waals surface area (Å²) in [7, 11) is 4.20. The summed E-state index contributed by atoms with van der Waals surface area (Å²) in [5, 5.41) is 20.8. The number of fused-ring (bicyclic) bond motifs is 1. The maximum atomic E-state index is 4.70. The molecule has 0 aromatic carbocycles. The summed E-state index contributed by atoms with van der Waals surface area (Å²) < 4.78 is 1.80. The second-order valence-electron chi connectivity index (χ2n) is 7.12. The van der Waals surface area contributed by atoms with E-state index in [0.29, 0.717) is 0 Å². The van der Waals surface area contributed by atoms with Gasteiger partial charge >= 0.3 is 0 Å². The van der Waals surface area contributed by atoms with Crippen LogP contribution in [0.2, 0.25) is 0 Å². The molecule has 0 fully saturated rings. The largest absolute Gasteiger partial charge is 0.366 e. The van der Waals surface area contributed by atoms with Crippen LogP contribution in [0.25, 0.3) is 17.0 Å². The lowest BCUT2D eigenvalue weighted by molar-refractivity contribution is 0.217. The van der Waals surface area contributed by atoms with Crippen LogP contribution in [0, 0.1) is 5.41 Å². The van der Waals surface area contributed by atoms with Crippen molar-refractivity contribution >= 4 is 22.8 Å². The second kappa shape index (κ2) is 6.49. The maximum Gasteiger partial charge on any atom is 0.186 e. The summed E-state index contributed by atoms with van der Waals surface area (Å²) in [6, 6.07) is 6.21. The van der Waals surface area contributed by atoms with Crippen molar-refractivity contribution in [1.29, 1.82) is 0 Å². The number of anilines is 1. The van der Waals surface area contributed by atoms with Crippen LogP contribution in [0.1, 0.15) is 20.8 Å². The number of nitrogens with zero attached hydrogens (tertiary/aromatic N) is 5. The monoisotopic (exact) mass is 344 g/mol. The molecular weight excluding hydrogens is 320 g/mol. The number of hydrogen-bond acceptors (Lipinski definition) is 6. The summed E-state index contributed by atoms with van der Waals surface area (Å²) in [5.41, 5.74) is 1.91. The minimum absolute atomic E-state index is 0.115. The zero-order chi connectivity index (χ0) is 17.3. The van der Waals surface area contributed by atoms with Crippen molar-refractivity contribution in [3.63, 3.8) is 0 Å². The third-order valence-corrected chi connectivity index (χ3v) is 4.99. The Balaban J connectivity index is 1.87. The van der Waals surface area contributed by atoms with Gasteiger partial charge < -0.3 is 10.2 Å². The molecule has 0 bridgehead atoms. The smallest absolute Gasteiger partial charge is 0.186 e. The van der Waals surface area contributed by atoms with E-state index in [9.17, 15) is 0 Å². The minimum Gasteiger partial charge on any atom is -0.366 e. The molecule has 24 heavy (non-hydrogen) atoms. The molecule has 0 spiro atoms. The van der Waals surface area contributed by atoms with Crippen LogP contribution in [-0.2, 0) is 0 Å². The van der Waals surface area contributed by atoms with E-state index >= 15 is 0 Å². The van der Waals surface area contributed by atoms with Crippen LogP contribution in [0.4, 0.5) is 5.82 Å². The van der Waals surface area contributed by atoms with Gasteiger partial charge in [-0.2, -0.15) is 15.9 Å². The Kier molecular flexibility index (Phi) is 4.56. The predicted molar refractivity (Wildman–Crippen MR) is 99.5 cm³/mol. The van der Waals surface area contributed by atoms with Crippen molar-refractivity contribution in [1.82, 2.24) is 24.7 Å². The molecule has 1 unspecified atom stereocenters. The fourth-order valence-corrected chi connectivity index (χ4v) is 3.44. The fourth-order valence-electron chi connectivity index (χ4n) is 2.81. The molecule has 3 heterocycles. The van der Waals surface area contributed by atoms with Crippen molar-refractivity contribution in [3.8, 4) is 11.4 Å². The Bertz CT molecular complexity index is 806. The molecule has 0 saturated carbocycles. The van der Waals surface area contributed by atoms with E-state index in [1.54, 1.807) is 15.9 Å². The lowest BCUT2D eigenvalue weighted by Gasteiger charge is -2.35. The Hall–Kier alpha value is -1.99. The molecular formula is C17H24N6S. The summed E-state index contributed by atoms with van der Waals surface area (Å²) in [6.45, 7) is 7.72. The van der Waals surface area contributed by atoms with Crippen LogP contribution in [0.5, 0.6) is 0 Å². The Morgan fingerprint density at radius 2 is 2.04 bits per heavy atom. The summed E-state index contributed by atoms with van der Waals surface area (Å²) in [5.74, 6) is 1.60. The molecule has 0 saturated heterocycles. The van der Waals surface area contributed by atoms with E-state index in [-0.39, 0.29) is 11.5 Å². The first-order valence-electron chi connectivity index (χ1n) is 8.03. The van der Waals surface area contributed by atoms with Gasteiger partial charge in [0.1, 0.15) is 5.82 Å². The molecule has 128 valence electrons. The van der Waals surface area contributed by atoms with Crippen molar-refractivity contribution in [3.05, 3.63) is 29.0 Å². The van der Waals surface area contributed by atoms with E-state index in [1.807, 2.05) is 23.6 Å². The first kappa shape index (κ1) is 16.9. The summed E-state index contributed by atoms with van der Waals surface area (Å²) in [4.78, 5) is 2.21. The predicted octanol–water partition coefficient (Wildman–Crippen LogP) is 3.24. The van der Waals surface area contributed by atoms with Crippen LogP contribution in [0.15, 0.2) is 29.0 Å². The molecule has 7 heteroatoms. The molecule has 0 radical (unpaired) electrons. The zero-order valence-corrected chi connectivity index (χ0v) is 15.6. The Morgan fingerprint density at radius 3 is 2.71 bits per heavy atom. The fraction of sp³-hybridized carbons (Fsp3) is 0.471. The normalized spacial score (nSPS) is 13.6. The van der Waals surface area contributed by atoms with Gasteiger partial charge in [0.05, 0.1) is 0 Å². The van der Waals surface area contributed by atoms with Gasteiger partial charge in [-0.05, 0) is 50.0 Å². The third-order valence-electron chi connectivity index (χ3n) is 4.30. The van der Waals surface area contributed by atoms with E-state index in [1.165, 1.54) is 0 Å². The number of aromatic nitrogens is 4. The Labute approximate surface area is 146 Å². The van der Waals surface area contributed by atoms with Crippen LogP contribution in [-0.4, -0.2) is 51.4 Å². The van der Waals surface area contributed by atoms with Crippen LogP contribution < -0.4 is 5.32 Å². The lowest BCUT2D eigenvalue weighted by Crippen LogP contribution is -2.41. The number of hydrogen-bond donors (Lipinski definition) is 1. The molecule has 0 amide bonds. The first-order valence-corrected chi connectivity index (χ1v) is 8.97. The molecule has 6 nitrogen and oxygen atoms in total. The van der Waals surface area contributed by atoms with Gasteiger partial charge in [-0.3, -0.25) is 0 Å². The first-order chi connectivity index (χ1) is 11.4. The molecule has 0 aliphatic rings. The van der Waals surface area contributed by atoms with Crippen molar-refractivity contribution in [2.24, 2.45) is 5.41 Å².